The number of nitrogens with zero attached hydrogens (tertiary/aromatic N) is 5. The first kappa shape index (κ1) is 22.3. The van der Waals surface area contributed by atoms with E-state index >= 15 is 0 Å². The number of benzene rings is 1. The van der Waals surface area contributed by atoms with Crippen LogP contribution in [0.5, 0.6) is 5.75 Å². The van der Waals surface area contributed by atoms with Crippen molar-refractivity contribution in [1.82, 2.24) is 14.9 Å². The number of hydrogen-bond acceptors (Lipinski definition) is 8. The van der Waals surface area contributed by atoms with E-state index in [4.69, 9.17) is 15.5 Å². The third kappa shape index (κ3) is 4.63. The minimum Gasteiger partial charge on any atom is -0.494 e. The molecule has 2 aromatic heterocycles. The van der Waals surface area contributed by atoms with Gasteiger partial charge in [-0.05, 0) is 24.6 Å². The predicted molar refractivity (Wildman–Crippen MR) is 130 cm³/mol. The maximum atomic E-state index is 11.9. The summed E-state index contributed by atoms with van der Waals surface area (Å²) < 4.78 is 5.70. The molecular formula is C23H30N6O2S. The number of carbonyl (C=O) groups excluding carboxylic acids is 1. The van der Waals surface area contributed by atoms with Gasteiger partial charge in [-0.1, -0.05) is 6.07 Å². The molecule has 9 heteroatoms. The minimum atomic E-state index is -0.310. The molecule has 0 saturated carbocycles. The molecule has 1 fully saturated rings. The van der Waals surface area contributed by atoms with Crippen LogP contribution in [0.1, 0.15) is 24.6 Å². The summed E-state index contributed by atoms with van der Waals surface area (Å²) in [6.45, 7) is 3.33. The third-order valence-electron chi connectivity index (χ3n) is 5.85. The second-order valence-corrected chi connectivity index (χ2v) is 9.04. The van der Waals surface area contributed by atoms with E-state index in [0.29, 0.717) is 0 Å². The molecule has 3 aromatic rings. The smallest absolute Gasteiger partial charge is 0.219 e. The number of carbonyl (C=O) groups is 1. The van der Waals surface area contributed by atoms with Crippen molar-refractivity contribution in [2.75, 3.05) is 57.2 Å². The Bertz CT molecular complexity index is 1090. The molecule has 3 heterocycles. The molecule has 2 N–H and O–H groups in total. The molecule has 170 valence electrons. The number of primary amides is 1. The van der Waals surface area contributed by atoms with Crippen LogP contribution < -0.4 is 20.3 Å². The zero-order valence-corrected chi connectivity index (χ0v) is 19.6. The molecule has 0 spiro atoms. The normalized spacial score (nSPS) is 16.0. The lowest BCUT2D eigenvalue weighted by Gasteiger charge is -2.29. The molecule has 1 aliphatic heterocycles. The summed E-state index contributed by atoms with van der Waals surface area (Å²) in [6, 6.07) is 7.96. The van der Waals surface area contributed by atoms with Crippen molar-refractivity contribution in [3.63, 3.8) is 0 Å². The van der Waals surface area contributed by atoms with Gasteiger partial charge in [0.25, 0.3) is 0 Å². The van der Waals surface area contributed by atoms with Crippen LogP contribution in [0.3, 0.4) is 0 Å². The lowest BCUT2D eigenvalue weighted by atomic mass is 10.1. The zero-order chi connectivity index (χ0) is 22.7. The van der Waals surface area contributed by atoms with Crippen LogP contribution in [0.2, 0.25) is 0 Å². The number of thiazole rings is 1. The fraction of sp³-hybridized carbons (Fsp3) is 0.435. The van der Waals surface area contributed by atoms with Crippen LogP contribution in [0.4, 0.5) is 10.8 Å². The Labute approximate surface area is 192 Å². The molecule has 4 rings (SSSR count). The van der Waals surface area contributed by atoms with Crippen molar-refractivity contribution in [2.45, 2.75) is 18.9 Å². The summed E-state index contributed by atoms with van der Waals surface area (Å²) in [6.07, 6.45) is 3.03. The molecule has 8 nitrogen and oxygen atoms in total. The van der Waals surface area contributed by atoms with Crippen LogP contribution >= 0.6 is 11.3 Å². The highest BCUT2D eigenvalue weighted by Crippen LogP contribution is 2.36. The summed E-state index contributed by atoms with van der Waals surface area (Å²) in [4.78, 5) is 28.0. The lowest BCUT2D eigenvalue weighted by molar-refractivity contribution is -0.119. The van der Waals surface area contributed by atoms with Crippen LogP contribution in [-0.2, 0) is 4.79 Å². The van der Waals surface area contributed by atoms with Gasteiger partial charge >= 0.3 is 0 Å². The molecule has 0 aliphatic carbocycles. The first-order valence-corrected chi connectivity index (χ1v) is 11.7. The molecule has 32 heavy (non-hydrogen) atoms. The second-order valence-electron chi connectivity index (χ2n) is 8.20. The number of rotatable bonds is 7. The first-order valence-electron chi connectivity index (χ1n) is 10.8. The molecule has 1 aliphatic rings. The van der Waals surface area contributed by atoms with E-state index in [-0.39, 0.29) is 18.4 Å². The Hall–Kier alpha value is -2.91. The fourth-order valence-corrected chi connectivity index (χ4v) is 5.11. The van der Waals surface area contributed by atoms with Gasteiger partial charge in [-0.2, -0.15) is 0 Å². The largest absolute Gasteiger partial charge is 0.494 e. The van der Waals surface area contributed by atoms with E-state index in [2.05, 4.69) is 20.9 Å². The van der Waals surface area contributed by atoms with Gasteiger partial charge in [-0.3, -0.25) is 14.7 Å². The van der Waals surface area contributed by atoms with Crippen molar-refractivity contribution < 1.29 is 9.53 Å². The zero-order valence-electron chi connectivity index (χ0n) is 18.8. The van der Waals surface area contributed by atoms with Gasteiger partial charge < -0.3 is 20.3 Å². The molecule has 0 bridgehead atoms. The highest BCUT2D eigenvalue weighted by atomic mass is 32.1. The number of hydrogen-bond donors (Lipinski definition) is 1. The second kappa shape index (κ2) is 9.70. The van der Waals surface area contributed by atoms with Crippen molar-refractivity contribution in [1.29, 1.82) is 0 Å². The number of pyridine rings is 1. The van der Waals surface area contributed by atoms with E-state index in [1.807, 2.05) is 48.8 Å². The summed E-state index contributed by atoms with van der Waals surface area (Å²) >= 11 is 1.59. The topological polar surface area (TPSA) is 87.8 Å². The van der Waals surface area contributed by atoms with Gasteiger partial charge in [0.2, 0.25) is 5.91 Å². The van der Waals surface area contributed by atoms with Gasteiger partial charge in [0.15, 0.2) is 5.13 Å². The number of anilines is 2. The van der Waals surface area contributed by atoms with E-state index in [9.17, 15) is 4.79 Å². The van der Waals surface area contributed by atoms with Crippen LogP contribution in [-0.4, -0.2) is 68.2 Å². The maximum Gasteiger partial charge on any atom is 0.219 e. The van der Waals surface area contributed by atoms with Gasteiger partial charge in [0.05, 0.1) is 24.4 Å². The minimum absolute atomic E-state index is 0.120. The standard InChI is InChI=1S/C23H30N6O2S/c1-27(2)23-26-17(15-32-23)18(14-20(24)30)28-10-5-11-29(13-12-28)22-19(31-3)8-7-16-6-4-9-25-21(16)22/h4,6-9,15,18H,5,10-14H2,1-3H3,(H2,24,30). The van der Waals surface area contributed by atoms with E-state index in [1.165, 1.54) is 0 Å². The molecule has 1 aromatic carbocycles. The number of methoxy groups -OCH3 is 1. The van der Waals surface area contributed by atoms with Gasteiger partial charge in [-0.25, -0.2) is 4.98 Å². The number of amides is 1. The van der Waals surface area contributed by atoms with Crippen molar-refractivity contribution in [3.05, 3.63) is 41.5 Å². The average molecular weight is 455 g/mol. The molecule has 1 unspecified atom stereocenters. The predicted octanol–water partition coefficient (Wildman–Crippen LogP) is 2.89. The molecular weight excluding hydrogens is 424 g/mol. The monoisotopic (exact) mass is 454 g/mol. The van der Waals surface area contributed by atoms with Crippen LogP contribution in [0.15, 0.2) is 35.8 Å². The highest BCUT2D eigenvalue weighted by Gasteiger charge is 2.28. The molecule has 1 saturated heterocycles. The van der Waals surface area contributed by atoms with Crippen molar-refractivity contribution in [2.24, 2.45) is 5.73 Å². The Morgan fingerprint density at radius 3 is 2.81 bits per heavy atom. The highest BCUT2D eigenvalue weighted by molar-refractivity contribution is 7.13. The fourth-order valence-electron chi connectivity index (χ4n) is 4.30. The van der Waals surface area contributed by atoms with Gasteiger partial charge in [0, 0.05) is 63.7 Å². The van der Waals surface area contributed by atoms with E-state index < -0.39 is 0 Å². The maximum absolute atomic E-state index is 11.9. The molecule has 1 atom stereocenters. The SMILES string of the molecule is COc1ccc2cccnc2c1N1CCCN(C(CC(N)=O)c2csc(N(C)C)n2)CC1. The third-order valence-corrected chi connectivity index (χ3v) is 6.87. The average Bonchev–Trinajstić information content (AvgIpc) is 3.16. The van der Waals surface area contributed by atoms with Crippen LogP contribution in [0.25, 0.3) is 10.9 Å². The summed E-state index contributed by atoms with van der Waals surface area (Å²) in [5, 5.41) is 4.07. The van der Waals surface area contributed by atoms with Crippen LogP contribution in [0, 0.1) is 0 Å². The summed E-state index contributed by atoms with van der Waals surface area (Å²) in [5.74, 6) is 0.517. The van der Waals surface area contributed by atoms with Crippen molar-refractivity contribution >= 4 is 39.0 Å². The molecule has 0 radical (unpaired) electrons. The first-order chi connectivity index (χ1) is 15.5. The van der Waals surface area contributed by atoms with E-state index in [0.717, 1.165) is 65.8 Å². The number of aromatic nitrogens is 2. The summed E-state index contributed by atoms with van der Waals surface area (Å²) in [5.41, 5.74) is 8.52. The van der Waals surface area contributed by atoms with Gasteiger partial charge in [-0.15, -0.1) is 11.3 Å². The Morgan fingerprint density at radius 1 is 1.25 bits per heavy atom. The lowest BCUT2D eigenvalue weighted by Crippen LogP contribution is -2.36. The van der Waals surface area contributed by atoms with Crippen molar-refractivity contribution in [3.8, 4) is 5.75 Å². The summed E-state index contributed by atoms with van der Waals surface area (Å²) in [7, 11) is 5.65. The van der Waals surface area contributed by atoms with Gasteiger partial charge in [0.1, 0.15) is 11.4 Å². The van der Waals surface area contributed by atoms with E-state index in [1.54, 1.807) is 18.4 Å². The Kier molecular flexibility index (Phi) is 6.76. The number of nitrogens with two attached hydrogens (primary N) is 1. The quantitative estimate of drug-likeness (QED) is 0.587. The number of fused-ring (bicyclic) bond motifs is 1. The molecule has 1 amide bonds. The Balaban J connectivity index is 1.60. The number of ether oxygens (including phenoxy) is 1. The Morgan fingerprint density at radius 2 is 2.09 bits per heavy atom.